The molecule has 0 spiro atoms. The number of carboxylic acids is 1. The van der Waals surface area contributed by atoms with Crippen LogP contribution in [0.4, 0.5) is 0 Å². The van der Waals surface area contributed by atoms with Gasteiger partial charge in [0.15, 0.2) is 0 Å². The molecule has 0 atom stereocenters. The fraction of sp³-hybridized carbons (Fsp3) is 0.222. The van der Waals surface area contributed by atoms with Crippen LogP contribution in [0.5, 0.6) is 0 Å². The quantitative estimate of drug-likeness (QED) is 0.690. The molecule has 1 amide bonds. The van der Waals surface area contributed by atoms with E-state index in [-0.39, 0.29) is 12.2 Å². The Morgan fingerprint density at radius 2 is 2.13 bits per heavy atom. The van der Waals surface area contributed by atoms with Gasteiger partial charge in [0.1, 0.15) is 12.2 Å². The highest BCUT2D eigenvalue weighted by atomic mass is 16.4. The largest absolute Gasteiger partial charge is 0.477 e. The maximum absolute atomic E-state index is 11.3. The van der Waals surface area contributed by atoms with Crippen molar-refractivity contribution in [2.75, 3.05) is 7.05 Å². The van der Waals surface area contributed by atoms with E-state index >= 15 is 0 Å². The van der Waals surface area contributed by atoms with Crippen molar-refractivity contribution in [1.29, 1.82) is 0 Å². The Morgan fingerprint density at radius 1 is 1.47 bits per heavy atom. The maximum atomic E-state index is 11.3. The molecule has 1 rings (SSSR count). The van der Waals surface area contributed by atoms with E-state index in [0.29, 0.717) is 0 Å². The maximum Gasteiger partial charge on any atom is 0.352 e. The van der Waals surface area contributed by atoms with Gasteiger partial charge in [0.05, 0.1) is 0 Å². The highest BCUT2D eigenvalue weighted by molar-refractivity contribution is 5.86. The molecule has 0 aliphatic heterocycles. The third kappa shape index (κ3) is 2.43. The lowest BCUT2D eigenvalue weighted by Crippen LogP contribution is -2.32. The number of aromatic nitrogens is 1. The van der Waals surface area contributed by atoms with E-state index in [1.54, 1.807) is 0 Å². The van der Waals surface area contributed by atoms with Crippen LogP contribution >= 0.6 is 0 Å². The summed E-state index contributed by atoms with van der Waals surface area (Å²) in [5, 5.41) is 11.1. The first-order chi connectivity index (χ1) is 7.06. The molecule has 0 saturated heterocycles. The second-order valence-electron chi connectivity index (χ2n) is 2.81. The molecular weight excluding hydrogens is 200 g/mol. The van der Waals surface area contributed by atoms with Crippen LogP contribution in [0.15, 0.2) is 23.0 Å². The van der Waals surface area contributed by atoms with Crippen LogP contribution in [0.1, 0.15) is 10.5 Å². The topological polar surface area (TPSA) is 88.4 Å². The van der Waals surface area contributed by atoms with E-state index < -0.39 is 17.4 Å². The van der Waals surface area contributed by atoms with Crippen molar-refractivity contribution in [3.8, 4) is 0 Å². The molecule has 0 bridgehead atoms. The Balaban J connectivity index is 3.19. The Bertz CT molecular complexity index is 450. The number of nitrogens with one attached hydrogen (secondary N) is 1. The number of carbonyl (C=O) groups is 2. The molecule has 0 unspecified atom stereocenters. The molecule has 1 aromatic heterocycles. The minimum atomic E-state index is -1.24. The summed E-state index contributed by atoms with van der Waals surface area (Å²) in [5.74, 6) is -1.66. The normalized spacial score (nSPS) is 9.67. The zero-order valence-corrected chi connectivity index (χ0v) is 8.06. The third-order valence-electron chi connectivity index (χ3n) is 1.85. The second-order valence-corrected chi connectivity index (χ2v) is 2.81. The first-order valence-corrected chi connectivity index (χ1v) is 4.20. The lowest BCUT2D eigenvalue weighted by atomic mass is 10.3. The predicted molar refractivity (Wildman–Crippen MR) is 51.7 cm³/mol. The lowest BCUT2D eigenvalue weighted by Gasteiger charge is -2.07. The van der Waals surface area contributed by atoms with E-state index in [1.807, 2.05) is 0 Å². The van der Waals surface area contributed by atoms with Gasteiger partial charge in [-0.05, 0) is 6.07 Å². The van der Waals surface area contributed by atoms with Gasteiger partial charge >= 0.3 is 5.97 Å². The van der Waals surface area contributed by atoms with Gasteiger partial charge in [0.2, 0.25) is 5.91 Å². The van der Waals surface area contributed by atoms with Crippen LogP contribution in [-0.4, -0.2) is 28.6 Å². The number of carbonyl (C=O) groups excluding carboxylic acids is 1. The summed E-state index contributed by atoms with van der Waals surface area (Å²) in [6.45, 7) is -0.294. The highest BCUT2D eigenvalue weighted by Crippen LogP contribution is 1.96. The second kappa shape index (κ2) is 4.41. The van der Waals surface area contributed by atoms with Gasteiger partial charge in [-0.25, -0.2) is 4.79 Å². The molecule has 15 heavy (non-hydrogen) atoms. The number of hydrogen-bond acceptors (Lipinski definition) is 3. The van der Waals surface area contributed by atoms with Crippen LogP contribution in [0, 0.1) is 0 Å². The van der Waals surface area contributed by atoms with E-state index in [1.165, 1.54) is 25.2 Å². The molecule has 1 aromatic rings. The first kappa shape index (κ1) is 11.0. The fourth-order valence-electron chi connectivity index (χ4n) is 1.09. The summed E-state index contributed by atoms with van der Waals surface area (Å²) < 4.78 is 0.904. The molecule has 0 aromatic carbocycles. The SMILES string of the molecule is CNC(=O)Cn1c(C(=O)O)cccc1=O. The molecule has 6 nitrogen and oxygen atoms in total. The number of pyridine rings is 1. The molecule has 1 heterocycles. The van der Waals surface area contributed by atoms with E-state index in [2.05, 4.69) is 5.32 Å². The summed E-state index contributed by atoms with van der Waals surface area (Å²) >= 11 is 0. The molecule has 6 heteroatoms. The van der Waals surface area contributed by atoms with Crippen molar-refractivity contribution in [2.45, 2.75) is 6.54 Å². The third-order valence-corrected chi connectivity index (χ3v) is 1.85. The van der Waals surface area contributed by atoms with Crippen LogP contribution < -0.4 is 10.9 Å². The highest BCUT2D eigenvalue weighted by Gasteiger charge is 2.12. The number of amides is 1. The molecule has 80 valence electrons. The molecule has 0 fully saturated rings. The van der Waals surface area contributed by atoms with E-state index in [0.717, 1.165) is 4.57 Å². The predicted octanol–water partition coefficient (Wildman–Crippen LogP) is -0.708. The van der Waals surface area contributed by atoms with Crippen molar-refractivity contribution in [1.82, 2.24) is 9.88 Å². The van der Waals surface area contributed by atoms with Gasteiger partial charge in [-0.15, -0.1) is 0 Å². The monoisotopic (exact) mass is 210 g/mol. The molecule has 0 radical (unpaired) electrons. The lowest BCUT2D eigenvalue weighted by molar-refractivity contribution is -0.121. The summed E-state index contributed by atoms with van der Waals surface area (Å²) in [6, 6.07) is 3.81. The smallest absolute Gasteiger partial charge is 0.352 e. The summed E-state index contributed by atoms with van der Waals surface area (Å²) in [4.78, 5) is 33.1. The van der Waals surface area contributed by atoms with Crippen molar-refractivity contribution in [3.05, 3.63) is 34.2 Å². The summed E-state index contributed by atoms with van der Waals surface area (Å²) in [7, 11) is 1.41. The molecular formula is C9H10N2O4. The molecule has 0 saturated carbocycles. The van der Waals surface area contributed by atoms with Gasteiger partial charge in [-0.3, -0.25) is 14.2 Å². The van der Waals surface area contributed by atoms with Gasteiger partial charge in [-0.1, -0.05) is 6.07 Å². The van der Waals surface area contributed by atoms with Gasteiger partial charge in [0.25, 0.3) is 5.56 Å². The number of hydrogen-bond donors (Lipinski definition) is 2. The van der Waals surface area contributed by atoms with Crippen molar-refractivity contribution in [3.63, 3.8) is 0 Å². The van der Waals surface area contributed by atoms with E-state index in [9.17, 15) is 14.4 Å². The standard InChI is InChI=1S/C9H10N2O4/c1-10-7(12)5-11-6(9(14)15)3-2-4-8(11)13/h2-4H,5H2,1H3,(H,10,12)(H,14,15). The Morgan fingerprint density at radius 3 is 2.67 bits per heavy atom. The minimum Gasteiger partial charge on any atom is -0.477 e. The van der Waals surface area contributed by atoms with Gasteiger partial charge in [0, 0.05) is 13.1 Å². The van der Waals surface area contributed by atoms with Gasteiger partial charge in [-0.2, -0.15) is 0 Å². The average Bonchev–Trinajstić information content (AvgIpc) is 2.20. The van der Waals surface area contributed by atoms with Crippen LogP contribution in [-0.2, 0) is 11.3 Å². The fourth-order valence-corrected chi connectivity index (χ4v) is 1.09. The van der Waals surface area contributed by atoms with Crippen LogP contribution in [0.25, 0.3) is 0 Å². The number of aromatic carboxylic acids is 1. The summed E-state index contributed by atoms with van der Waals surface area (Å²) in [5.41, 5.74) is -0.718. The Hall–Kier alpha value is -2.11. The van der Waals surface area contributed by atoms with Crippen molar-refractivity contribution < 1.29 is 14.7 Å². The summed E-state index contributed by atoms with van der Waals surface area (Å²) in [6.07, 6.45) is 0. The molecule has 0 aliphatic carbocycles. The number of likely N-dealkylation sites (N-methyl/N-ethyl adjacent to an activating group) is 1. The average molecular weight is 210 g/mol. The Kier molecular flexibility index (Phi) is 3.22. The number of rotatable bonds is 3. The van der Waals surface area contributed by atoms with Crippen molar-refractivity contribution in [2.24, 2.45) is 0 Å². The Labute approximate surface area is 85.1 Å². The zero-order chi connectivity index (χ0) is 11.4. The van der Waals surface area contributed by atoms with Crippen LogP contribution in [0.3, 0.4) is 0 Å². The van der Waals surface area contributed by atoms with E-state index in [4.69, 9.17) is 5.11 Å². The van der Waals surface area contributed by atoms with Gasteiger partial charge < -0.3 is 10.4 Å². The number of carboxylic acid groups (broad SMARTS) is 1. The molecule has 0 aliphatic rings. The molecule has 2 N–H and O–H groups in total. The van der Waals surface area contributed by atoms with Crippen molar-refractivity contribution >= 4 is 11.9 Å². The van der Waals surface area contributed by atoms with Crippen LogP contribution in [0.2, 0.25) is 0 Å². The zero-order valence-electron chi connectivity index (χ0n) is 8.06. The minimum absolute atomic E-state index is 0.203. The first-order valence-electron chi connectivity index (χ1n) is 4.20. The number of nitrogens with zero attached hydrogens (tertiary/aromatic N) is 1.